The maximum Gasteiger partial charge on any atom is 0.306 e. The summed E-state index contributed by atoms with van der Waals surface area (Å²) >= 11 is 0. The van der Waals surface area contributed by atoms with Crippen LogP contribution in [0.3, 0.4) is 0 Å². The number of fused-ring (bicyclic) bond motifs is 1. The Bertz CT molecular complexity index is 1150. The third-order valence-electron chi connectivity index (χ3n) is 4.89. The number of nitrogens with zero attached hydrogens (tertiary/aromatic N) is 3. The summed E-state index contributed by atoms with van der Waals surface area (Å²) in [5.74, 6) is -0.270. The van der Waals surface area contributed by atoms with Crippen LogP contribution in [-0.2, 0) is 32.2 Å². The first-order valence-electron chi connectivity index (χ1n) is 9.64. The van der Waals surface area contributed by atoms with Gasteiger partial charge in [-0.3, -0.25) is 4.79 Å². The molecular weight excluding hydrogens is 390 g/mol. The topological polar surface area (TPSA) is 90.6 Å². The Hall–Kier alpha value is -2.74. The van der Waals surface area contributed by atoms with Crippen LogP contribution in [0, 0.1) is 13.8 Å². The third kappa shape index (κ3) is 3.89. The standard InChI is InChI=1S/C21H25N3O4S/c1-5-18-20(29(26,27)16-10-8-7-9-11-16)21-22-14(3)17(15(4)24(21)23-18)12-13-19(25)28-6-2/h7-11H,5-6,12-13H2,1-4H3. The molecule has 0 radical (unpaired) electrons. The van der Waals surface area contributed by atoms with Gasteiger partial charge < -0.3 is 4.74 Å². The molecule has 2 heterocycles. The van der Waals surface area contributed by atoms with E-state index in [1.54, 1.807) is 41.8 Å². The maximum absolute atomic E-state index is 13.3. The van der Waals surface area contributed by atoms with Crippen molar-refractivity contribution in [2.24, 2.45) is 0 Å². The molecule has 0 unspecified atom stereocenters. The van der Waals surface area contributed by atoms with Crippen LogP contribution in [0.15, 0.2) is 40.1 Å². The summed E-state index contributed by atoms with van der Waals surface area (Å²) in [5, 5.41) is 4.55. The number of benzene rings is 1. The lowest BCUT2D eigenvalue weighted by molar-refractivity contribution is -0.143. The minimum atomic E-state index is -3.76. The molecule has 154 valence electrons. The number of esters is 1. The van der Waals surface area contributed by atoms with Crippen LogP contribution < -0.4 is 0 Å². The quantitative estimate of drug-likeness (QED) is 0.550. The molecule has 0 amide bonds. The van der Waals surface area contributed by atoms with E-state index in [2.05, 4.69) is 10.1 Å². The van der Waals surface area contributed by atoms with E-state index in [0.29, 0.717) is 36.5 Å². The second-order valence-corrected chi connectivity index (χ2v) is 8.63. The van der Waals surface area contributed by atoms with E-state index in [0.717, 1.165) is 11.3 Å². The molecule has 0 saturated carbocycles. The molecule has 0 aliphatic heterocycles. The molecule has 0 bridgehead atoms. The third-order valence-corrected chi connectivity index (χ3v) is 6.74. The first-order valence-corrected chi connectivity index (χ1v) is 11.1. The normalized spacial score (nSPS) is 11.7. The van der Waals surface area contributed by atoms with Crippen LogP contribution in [0.2, 0.25) is 0 Å². The molecule has 7 nitrogen and oxygen atoms in total. The second kappa shape index (κ2) is 8.32. The molecule has 1 aromatic carbocycles. The fraction of sp³-hybridized carbons (Fsp3) is 0.381. The fourth-order valence-corrected chi connectivity index (χ4v) is 5.05. The van der Waals surface area contributed by atoms with Crippen LogP contribution >= 0.6 is 0 Å². The average molecular weight is 416 g/mol. The van der Waals surface area contributed by atoms with Gasteiger partial charge in [-0.15, -0.1) is 0 Å². The van der Waals surface area contributed by atoms with Crippen molar-refractivity contribution in [2.75, 3.05) is 6.61 Å². The van der Waals surface area contributed by atoms with E-state index in [1.807, 2.05) is 20.8 Å². The zero-order valence-electron chi connectivity index (χ0n) is 17.1. The van der Waals surface area contributed by atoms with Gasteiger partial charge in [0.15, 0.2) is 5.65 Å². The van der Waals surface area contributed by atoms with Gasteiger partial charge in [-0.05, 0) is 51.3 Å². The maximum atomic E-state index is 13.3. The van der Waals surface area contributed by atoms with Crippen molar-refractivity contribution in [1.29, 1.82) is 0 Å². The van der Waals surface area contributed by atoms with E-state index >= 15 is 0 Å². The predicted molar refractivity (Wildman–Crippen MR) is 109 cm³/mol. The Morgan fingerprint density at radius 1 is 1.14 bits per heavy atom. The van der Waals surface area contributed by atoms with Gasteiger partial charge in [-0.2, -0.15) is 5.10 Å². The number of hydrogen-bond acceptors (Lipinski definition) is 6. The Kier molecular flexibility index (Phi) is 6.02. The smallest absolute Gasteiger partial charge is 0.306 e. The fourth-order valence-electron chi connectivity index (χ4n) is 3.43. The Morgan fingerprint density at radius 2 is 1.83 bits per heavy atom. The summed E-state index contributed by atoms with van der Waals surface area (Å²) in [6.45, 7) is 7.68. The zero-order chi connectivity index (χ0) is 21.2. The van der Waals surface area contributed by atoms with Crippen LogP contribution in [0.25, 0.3) is 5.65 Å². The molecule has 3 aromatic rings. The molecule has 3 rings (SSSR count). The van der Waals surface area contributed by atoms with Crippen molar-refractivity contribution < 1.29 is 17.9 Å². The summed E-state index contributed by atoms with van der Waals surface area (Å²) in [7, 11) is -3.76. The summed E-state index contributed by atoms with van der Waals surface area (Å²) in [4.78, 5) is 16.7. The van der Waals surface area contributed by atoms with Crippen molar-refractivity contribution in [1.82, 2.24) is 14.6 Å². The molecule has 0 atom stereocenters. The van der Waals surface area contributed by atoms with Crippen molar-refractivity contribution in [2.45, 2.75) is 56.7 Å². The predicted octanol–water partition coefficient (Wildman–Crippen LogP) is 3.24. The van der Waals surface area contributed by atoms with Crippen LogP contribution in [0.1, 0.15) is 42.9 Å². The summed E-state index contributed by atoms with van der Waals surface area (Å²) < 4.78 is 33.2. The van der Waals surface area contributed by atoms with E-state index < -0.39 is 9.84 Å². The SMILES string of the molecule is CCOC(=O)CCc1c(C)nc2c(S(=O)(=O)c3ccccc3)c(CC)nn2c1C. The summed E-state index contributed by atoms with van der Waals surface area (Å²) in [6.07, 6.45) is 1.16. The molecule has 0 fully saturated rings. The Balaban J connectivity index is 2.15. The molecule has 8 heteroatoms. The Labute approximate surface area is 170 Å². The van der Waals surface area contributed by atoms with Crippen molar-refractivity contribution >= 4 is 21.5 Å². The minimum absolute atomic E-state index is 0.148. The van der Waals surface area contributed by atoms with Gasteiger partial charge in [0, 0.05) is 17.8 Å². The number of carbonyl (C=O) groups excluding carboxylic acids is 1. The van der Waals surface area contributed by atoms with E-state index in [9.17, 15) is 13.2 Å². The molecule has 29 heavy (non-hydrogen) atoms. The molecule has 0 aliphatic carbocycles. The molecular formula is C21H25N3O4S. The number of aryl methyl sites for hydroxylation is 3. The van der Waals surface area contributed by atoms with E-state index in [1.165, 1.54) is 0 Å². The number of hydrogen-bond donors (Lipinski definition) is 0. The first kappa shape index (κ1) is 21.0. The molecule has 0 aliphatic rings. The van der Waals surface area contributed by atoms with Crippen LogP contribution in [0.5, 0.6) is 0 Å². The highest BCUT2D eigenvalue weighted by Gasteiger charge is 2.29. The number of aromatic nitrogens is 3. The second-order valence-electron chi connectivity index (χ2n) is 6.75. The van der Waals surface area contributed by atoms with Gasteiger partial charge in [0.2, 0.25) is 9.84 Å². The van der Waals surface area contributed by atoms with Crippen LogP contribution in [0.4, 0.5) is 0 Å². The molecule has 2 aromatic heterocycles. The van der Waals surface area contributed by atoms with E-state index in [-0.39, 0.29) is 22.2 Å². The molecule has 0 spiro atoms. The van der Waals surface area contributed by atoms with Crippen LogP contribution in [-0.4, -0.2) is 35.6 Å². The van der Waals surface area contributed by atoms with Crippen molar-refractivity contribution in [3.05, 3.63) is 53.0 Å². The molecule has 0 saturated heterocycles. The lowest BCUT2D eigenvalue weighted by atomic mass is 10.1. The lowest BCUT2D eigenvalue weighted by Crippen LogP contribution is -2.11. The van der Waals surface area contributed by atoms with Gasteiger partial charge in [0.25, 0.3) is 0 Å². The van der Waals surface area contributed by atoms with Gasteiger partial charge in [0.05, 0.1) is 17.2 Å². The van der Waals surface area contributed by atoms with E-state index in [4.69, 9.17) is 4.74 Å². The number of sulfone groups is 1. The molecule has 0 N–H and O–H groups in total. The zero-order valence-corrected chi connectivity index (χ0v) is 17.9. The first-order chi connectivity index (χ1) is 13.8. The summed E-state index contributed by atoms with van der Waals surface area (Å²) in [6, 6.07) is 8.32. The number of rotatable bonds is 7. The highest BCUT2D eigenvalue weighted by Crippen LogP contribution is 2.29. The van der Waals surface area contributed by atoms with Gasteiger partial charge in [-0.1, -0.05) is 25.1 Å². The number of ether oxygens (including phenoxy) is 1. The number of carbonyl (C=O) groups is 1. The van der Waals surface area contributed by atoms with Gasteiger partial charge >= 0.3 is 5.97 Å². The highest BCUT2D eigenvalue weighted by atomic mass is 32.2. The monoisotopic (exact) mass is 415 g/mol. The largest absolute Gasteiger partial charge is 0.466 e. The minimum Gasteiger partial charge on any atom is -0.466 e. The van der Waals surface area contributed by atoms with Crippen molar-refractivity contribution in [3.8, 4) is 0 Å². The summed E-state index contributed by atoms with van der Waals surface area (Å²) in [5.41, 5.74) is 3.14. The van der Waals surface area contributed by atoms with Gasteiger partial charge in [-0.25, -0.2) is 17.9 Å². The van der Waals surface area contributed by atoms with Crippen molar-refractivity contribution in [3.63, 3.8) is 0 Å². The highest BCUT2D eigenvalue weighted by molar-refractivity contribution is 7.91. The van der Waals surface area contributed by atoms with Gasteiger partial charge in [0.1, 0.15) is 4.90 Å². The average Bonchev–Trinajstić information content (AvgIpc) is 3.08. The lowest BCUT2D eigenvalue weighted by Gasteiger charge is -2.11. The Morgan fingerprint density at radius 3 is 2.45 bits per heavy atom.